The van der Waals surface area contributed by atoms with Crippen molar-refractivity contribution in [1.29, 1.82) is 0 Å². The molecule has 0 radical (unpaired) electrons. The van der Waals surface area contributed by atoms with Crippen molar-refractivity contribution >= 4 is 11.8 Å². The minimum absolute atomic E-state index is 0.0452. The van der Waals surface area contributed by atoms with Gasteiger partial charge in [0.2, 0.25) is 0 Å². The highest BCUT2D eigenvalue weighted by molar-refractivity contribution is 5.89. The van der Waals surface area contributed by atoms with E-state index in [-0.39, 0.29) is 24.7 Å². The fourth-order valence-corrected chi connectivity index (χ4v) is 2.27. The predicted octanol–water partition coefficient (Wildman–Crippen LogP) is 3.02. The average molecular weight is 316 g/mol. The van der Waals surface area contributed by atoms with E-state index in [0.29, 0.717) is 12.2 Å². The molecule has 0 aliphatic carbocycles. The van der Waals surface area contributed by atoms with Crippen LogP contribution in [0.4, 0.5) is 10.6 Å². The van der Waals surface area contributed by atoms with Crippen molar-refractivity contribution in [2.24, 2.45) is 0 Å². The second kappa shape index (κ2) is 7.78. The van der Waals surface area contributed by atoms with Crippen LogP contribution in [0.5, 0.6) is 0 Å². The average Bonchev–Trinajstić information content (AvgIpc) is 2.92. The van der Waals surface area contributed by atoms with Gasteiger partial charge in [-0.2, -0.15) is 5.10 Å². The van der Waals surface area contributed by atoms with Gasteiger partial charge < -0.3 is 10.4 Å². The summed E-state index contributed by atoms with van der Waals surface area (Å²) in [4.78, 5) is 12.1. The Kier molecular flexibility index (Phi) is 5.76. The second-order valence-electron chi connectivity index (χ2n) is 5.83. The van der Waals surface area contributed by atoms with Crippen molar-refractivity contribution in [2.75, 3.05) is 11.9 Å². The van der Waals surface area contributed by atoms with Crippen LogP contribution in [-0.4, -0.2) is 33.6 Å². The molecule has 1 aromatic carbocycles. The fourth-order valence-electron chi connectivity index (χ4n) is 2.27. The highest BCUT2D eigenvalue weighted by atomic mass is 16.3. The number of carbonyl (C=O) groups excluding carboxylic acids is 1. The fraction of sp³-hybridized carbons (Fsp3) is 0.412. The van der Waals surface area contributed by atoms with Crippen molar-refractivity contribution in [2.45, 2.75) is 39.3 Å². The summed E-state index contributed by atoms with van der Waals surface area (Å²) in [6.07, 6.45) is 0.520. The first-order valence-corrected chi connectivity index (χ1v) is 7.84. The van der Waals surface area contributed by atoms with Gasteiger partial charge in [-0.1, -0.05) is 30.3 Å². The van der Waals surface area contributed by atoms with Crippen LogP contribution >= 0.6 is 0 Å². The molecule has 2 rings (SSSR count). The third kappa shape index (κ3) is 4.56. The molecule has 0 saturated heterocycles. The smallest absolute Gasteiger partial charge is 0.320 e. The van der Waals surface area contributed by atoms with Crippen molar-refractivity contribution in [1.82, 2.24) is 15.1 Å². The van der Waals surface area contributed by atoms with E-state index in [1.54, 1.807) is 4.68 Å². The van der Waals surface area contributed by atoms with E-state index in [9.17, 15) is 4.79 Å². The third-order valence-corrected chi connectivity index (χ3v) is 3.48. The maximum atomic E-state index is 12.1. The molecular weight excluding hydrogens is 292 g/mol. The lowest BCUT2D eigenvalue weighted by Gasteiger charge is -2.15. The van der Waals surface area contributed by atoms with E-state index in [2.05, 4.69) is 15.7 Å². The number of amides is 2. The van der Waals surface area contributed by atoms with Crippen LogP contribution in [-0.2, 0) is 0 Å². The zero-order chi connectivity index (χ0) is 16.8. The van der Waals surface area contributed by atoms with E-state index in [1.807, 2.05) is 57.2 Å². The lowest BCUT2D eigenvalue weighted by atomic mass is 10.2. The number of nitrogens with zero attached hydrogens (tertiary/aromatic N) is 2. The first kappa shape index (κ1) is 17.0. The summed E-state index contributed by atoms with van der Waals surface area (Å²) in [5, 5.41) is 19.1. The molecule has 2 amide bonds. The molecule has 6 heteroatoms. The molecule has 6 nitrogen and oxygen atoms in total. The molecule has 1 heterocycles. The largest absolute Gasteiger partial charge is 0.396 e. The van der Waals surface area contributed by atoms with Crippen LogP contribution in [0.15, 0.2) is 36.4 Å². The summed E-state index contributed by atoms with van der Waals surface area (Å²) in [6.45, 7) is 5.92. The third-order valence-electron chi connectivity index (χ3n) is 3.48. The Morgan fingerprint density at radius 1 is 1.26 bits per heavy atom. The van der Waals surface area contributed by atoms with E-state index in [1.165, 1.54) is 0 Å². The molecule has 3 N–H and O–H groups in total. The van der Waals surface area contributed by atoms with Gasteiger partial charge in [-0.25, -0.2) is 9.48 Å². The number of urea groups is 1. The van der Waals surface area contributed by atoms with Crippen LogP contribution < -0.4 is 10.6 Å². The molecule has 0 unspecified atom stereocenters. The van der Waals surface area contributed by atoms with Crippen LogP contribution in [0, 0.1) is 0 Å². The Morgan fingerprint density at radius 2 is 1.96 bits per heavy atom. The van der Waals surface area contributed by atoms with Crippen LogP contribution in [0.1, 0.15) is 33.2 Å². The maximum absolute atomic E-state index is 12.1. The highest BCUT2D eigenvalue weighted by Gasteiger charge is 2.15. The van der Waals surface area contributed by atoms with E-state index < -0.39 is 0 Å². The second-order valence-corrected chi connectivity index (χ2v) is 5.83. The molecule has 23 heavy (non-hydrogen) atoms. The summed E-state index contributed by atoms with van der Waals surface area (Å²) in [6, 6.07) is 11.4. The van der Waals surface area contributed by atoms with Gasteiger partial charge in [-0.3, -0.25) is 5.32 Å². The van der Waals surface area contributed by atoms with Crippen LogP contribution in [0.2, 0.25) is 0 Å². The van der Waals surface area contributed by atoms with Gasteiger partial charge in [0.25, 0.3) is 0 Å². The zero-order valence-corrected chi connectivity index (χ0v) is 13.8. The summed E-state index contributed by atoms with van der Waals surface area (Å²) in [5.74, 6) is 0.646. The summed E-state index contributed by atoms with van der Waals surface area (Å²) in [7, 11) is 0. The number of anilines is 1. The predicted molar refractivity (Wildman–Crippen MR) is 91.4 cm³/mol. The number of rotatable bonds is 6. The number of hydrogen-bond donors (Lipinski definition) is 3. The molecule has 0 saturated carbocycles. The standard InChI is InChI=1S/C17H24N4O2/c1-12(2)21-16(19-17(23)18-13(3)9-10-22)11-15(20-21)14-7-5-4-6-8-14/h4-8,11-13,22H,9-10H2,1-3H3,(H2,18,19,23)/t13-/m1/s1. The Morgan fingerprint density at radius 3 is 2.57 bits per heavy atom. The lowest BCUT2D eigenvalue weighted by molar-refractivity contribution is 0.241. The summed E-state index contributed by atoms with van der Waals surface area (Å²) in [5.41, 5.74) is 1.82. The topological polar surface area (TPSA) is 79.2 Å². The normalized spacial score (nSPS) is 12.2. The lowest BCUT2D eigenvalue weighted by Crippen LogP contribution is -2.37. The molecular formula is C17H24N4O2. The van der Waals surface area contributed by atoms with E-state index in [0.717, 1.165) is 11.3 Å². The number of nitrogens with one attached hydrogen (secondary N) is 2. The SMILES string of the molecule is CC(C)n1nc(-c2ccccc2)cc1NC(=O)N[C@H](C)CCO. The van der Waals surface area contributed by atoms with Gasteiger partial charge in [0.15, 0.2) is 0 Å². The molecule has 1 atom stereocenters. The molecule has 0 aliphatic rings. The highest BCUT2D eigenvalue weighted by Crippen LogP contribution is 2.24. The monoisotopic (exact) mass is 316 g/mol. The van der Waals surface area contributed by atoms with Crippen molar-refractivity contribution in [3.63, 3.8) is 0 Å². The maximum Gasteiger partial charge on any atom is 0.320 e. The molecule has 1 aromatic heterocycles. The van der Waals surface area contributed by atoms with Crippen molar-refractivity contribution in [3.8, 4) is 11.3 Å². The van der Waals surface area contributed by atoms with Gasteiger partial charge in [-0.15, -0.1) is 0 Å². The van der Waals surface area contributed by atoms with Crippen molar-refractivity contribution < 1.29 is 9.90 Å². The number of aliphatic hydroxyl groups excluding tert-OH is 1. The van der Waals surface area contributed by atoms with Gasteiger partial charge in [0, 0.05) is 30.3 Å². The van der Waals surface area contributed by atoms with Crippen LogP contribution in [0.25, 0.3) is 11.3 Å². The number of aromatic nitrogens is 2. The number of carbonyl (C=O) groups is 1. The van der Waals surface area contributed by atoms with Crippen molar-refractivity contribution in [3.05, 3.63) is 36.4 Å². The molecule has 0 aliphatic heterocycles. The van der Waals surface area contributed by atoms with Crippen LogP contribution in [0.3, 0.4) is 0 Å². The Hall–Kier alpha value is -2.34. The van der Waals surface area contributed by atoms with Gasteiger partial charge in [-0.05, 0) is 27.2 Å². The molecule has 2 aromatic rings. The number of benzene rings is 1. The minimum Gasteiger partial charge on any atom is -0.396 e. The zero-order valence-electron chi connectivity index (χ0n) is 13.8. The van der Waals surface area contributed by atoms with Gasteiger partial charge in [0.1, 0.15) is 5.82 Å². The summed E-state index contributed by atoms with van der Waals surface area (Å²) >= 11 is 0. The van der Waals surface area contributed by atoms with Gasteiger partial charge >= 0.3 is 6.03 Å². The first-order chi connectivity index (χ1) is 11.0. The Balaban J connectivity index is 2.17. The summed E-state index contributed by atoms with van der Waals surface area (Å²) < 4.78 is 1.79. The first-order valence-electron chi connectivity index (χ1n) is 7.84. The molecule has 0 spiro atoms. The van der Waals surface area contributed by atoms with Gasteiger partial charge in [0.05, 0.1) is 5.69 Å². The van der Waals surface area contributed by atoms with E-state index >= 15 is 0 Å². The Bertz CT molecular complexity index is 637. The minimum atomic E-state index is -0.299. The van der Waals surface area contributed by atoms with E-state index in [4.69, 9.17) is 5.11 Å². The molecule has 0 bridgehead atoms. The molecule has 124 valence electrons. The Labute approximate surface area is 136 Å². The quantitative estimate of drug-likeness (QED) is 0.766. The number of hydrogen-bond acceptors (Lipinski definition) is 3. The number of aliphatic hydroxyl groups is 1. The molecule has 0 fully saturated rings.